The molecule has 2 aromatic rings. The number of methoxy groups -OCH3 is 1. The van der Waals surface area contributed by atoms with Crippen LogP contribution in [-0.2, 0) is 5.54 Å². The zero-order valence-electron chi connectivity index (χ0n) is 12.0. The Morgan fingerprint density at radius 2 is 2.00 bits per heavy atom. The fraction of sp³-hybridized carbons (Fsp3) is 0.222. The van der Waals surface area contributed by atoms with Gasteiger partial charge in [0, 0.05) is 29.9 Å². The zero-order chi connectivity index (χ0) is 14.7. The van der Waals surface area contributed by atoms with Crippen LogP contribution in [0.3, 0.4) is 0 Å². The number of ether oxygens (including phenoxy) is 1. The molecule has 0 aromatic heterocycles. The van der Waals surface area contributed by atoms with E-state index in [1.807, 2.05) is 36.4 Å². The molecule has 0 amide bonds. The summed E-state index contributed by atoms with van der Waals surface area (Å²) >= 11 is 0. The number of nitrogens with one attached hydrogen (secondary N) is 2. The predicted molar refractivity (Wildman–Crippen MR) is 86.7 cm³/mol. The zero-order valence-corrected chi connectivity index (χ0v) is 12.0. The first-order valence-electron chi connectivity index (χ1n) is 6.96. The van der Waals surface area contributed by atoms with E-state index in [1.54, 1.807) is 7.11 Å². The fourth-order valence-electron chi connectivity index (χ4n) is 2.83. The maximum atomic E-state index is 5.61. The molecule has 21 heavy (non-hydrogen) atoms. The molecule has 0 saturated heterocycles. The molecule has 3 heteroatoms. The molecule has 1 heterocycles. The number of hydrogen-bond acceptors (Lipinski definition) is 3. The summed E-state index contributed by atoms with van der Waals surface area (Å²) in [4.78, 5) is 0. The first kappa shape index (κ1) is 13.4. The van der Waals surface area contributed by atoms with Crippen LogP contribution in [0.2, 0.25) is 0 Å². The van der Waals surface area contributed by atoms with Gasteiger partial charge < -0.3 is 15.4 Å². The Balaban J connectivity index is 1.94. The van der Waals surface area contributed by atoms with Crippen LogP contribution in [0.1, 0.15) is 12.0 Å². The summed E-state index contributed by atoms with van der Waals surface area (Å²) in [6, 6.07) is 16.2. The monoisotopic (exact) mass is 278 g/mol. The van der Waals surface area contributed by atoms with Crippen LogP contribution >= 0.6 is 0 Å². The van der Waals surface area contributed by atoms with Gasteiger partial charge in [0.1, 0.15) is 5.75 Å². The normalized spacial score (nSPS) is 19.2. The highest BCUT2D eigenvalue weighted by Gasteiger charge is 2.38. The summed E-state index contributed by atoms with van der Waals surface area (Å²) in [7, 11) is 1.67. The van der Waals surface area contributed by atoms with Crippen molar-refractivity contribution in [3.05, 3.63) is 54.1 Å². The van der Waals surface area contributed by atoms with Crippen LogP contribution < -0.4 is 15.4 Å². The Hall–Kier alpha value is -2.60. The number of anilines is 2. The van der Waals surface area contributed by atoms with Gasteiger partial charge in [0.25, 0.3) is 0 Å². The van der Waals surface area contributed by atoms with E-state index in [1.165, 1.54) is 5.56 Å². The van der Waals surface area contributed by atoms with E-state index in [0.29, 0.717) is 6.42 Å². The Morgan fingerprint density at radius 1 is 1.24 bits per heavy atom. The van der Waals surface area contributed by atoms with Gasteiger partial charge in [-0.25, -0.2) is 0 Å². The number of rotatable bonds is 4. The summed E-state index contributed by atoms with van der Waals surface area (Å²) in [5.74, 6) is 3.65. The number of fused-ring (bicyclic) bond motifs is 1. The van der Waals surface area contributed by atoms with Gasteiger partial charge in [0.2, 0.25) is 0 Å². The largest absolute Gasteiger partial charge is 0.497 e. The summed E-state index contributed by atoms with van der Waals surface area (Å²) < 4.78 is 5.20. The Morgan fingerprint density at radius 3 is 2.71 bits per heavy atom. The van der Waals surface area contributed by atoms with Crippen LogP contribution in [0.4, 0.5) is 11.4 Å². The van der Waals surface area contributed by atoms with Crippen molar-refractivity contribution < 1.29 is 4.74 Å². The van der Waals surface area contributed by atoms with Crippen molar-refractivity contribution in [1.29, 1.82) is 0 Å². The highest BCUT2D eigenvalue weighted by molar-refractivity contribution is 5.64. The highest BCUT2D eigenvalue weighted by Crippen LogP contribution is 2.39. The minimum absolute atomic E-state index is 0.264. The molecular weight excluding hydrogens is 260 g/mol. The lowest BCUT2D eigenvalue weighted by Crippen LogP contribution is -2.37. The van der Waals surface area contributed by atoms with Crippen molar-refractivity contribution in [2.24, 2.45) is 0 Å². The standard InChI is InChI=1S/C18H18N2O/c1-3-12-18(13-19-17-7-5-4-6-16(17)18)20-14-8-10-15(21-2)11-9-14/h1,4-11,19-20H,12-13H2,2H3. The fourth-order valence-corrected chi connectivity index (χ4v) is 2.83. The smallest absolute Gasteiger partial charge is 0.119 e. The van der Waals surface area contributed by atoms with E-state index in [4.69, 9.17) is 11.2 Å². The maximum Gasteiger partial charge on any atom is 0.119 e. The molecule has 1 aliphatic heterocycles. The second kappa shape index (κ2) is 5.41. The quantitative estimate of drug-likeness (QED) is 0.840. The molecule has 0 spiro atoms. The number of para-hydroxylation sites is 1. The topological polar surface area (TPSA) is 33.3 Å². The van der Waals surface area contributed by atoms with Crippen molar-refractivity contribution in [3.8, 4) is 18.1 Å². The minimum atomic E-state index is -0.264. The van der Waals surface area contributed by atoms with E-state index in [0.717, 1.165) is 23.7 Å². The lowest BCUT2D eigenvalue weighted by molar-refractivity contribution is 0.415. The Labute approximate surface area is 125 Å². The first-order chi connectivity index (χ1) is 10.3. The Kier molecular flexibility index (Phi) is 3.45. The maximum absolute atomic E-state index is 5.61. The van der Waals surface area contributed by atoms with Crippen molar-refractivity contribution in [2.75, 3.05) is 24.3 Å². The SMILES string of the molecule is C#CCC1(Nc2ccc(OC)cc2)CNc2ccccc21. The van der Waals surface area contributed by atoms with E-state index in [-0.39, 0.29) is 5.54 Å². The van der Waals surface area contributed by atoms with E-state index in [2.05, 4.69) is 28.7 Å². The lowest BCUT2D eigenvalue weighted by atomic mass is 9.88. The van der Waals surface area contributed by atoms with E-state index < -0.39 is 0 Å². The molecule has 0 fully saturated rings. The molecule has 0 saturated carbocycles. The molecule has 1 unspecified atom stereocenters. The number of benzene rings is 2. The van der Waals surface area contributed by atoms with Crippen LogP contribution in [0.25, 0.3) is 0 Å². The van der Waals surface area contributed by atoms with E-state index >= 15 is 0 Å². The molecule has 1 aliphatic rings. The lowest BCUT2D eigenvalue weighted by Gasteiger charge is -2.30. The average Bonchev–Trinajstić information content (AvgIpc) is 2.88. The van der Waals surface area contributed by atoms with Gasteiger partial charge in [0.15, 0.2) is 0 Å². The molecule has 2 aromatic carbocycles. The molecule has 3 nitrogen and oxygen atoms in total. The molecule has 0 bridgehead atoms. The van der Waals surface area contributed by atoms with Crippen molar-refractivity contribution in [2.45, 2.75) is 12.0 Å². The summed E-state index contributed by atoms with van der Waals surface area (Å²) in [6.45, 7) is 0.780. The second-order valence-electron chi connectivity index (χ2n) is 5.22. The van der Waals surface area contributed by atoms with Crippen LogP contribution in [-0.4, -0.2) is 13.7 Å². The summed E-state index contributed by atoms with van der Waals surface area (Å²) in [5.41, 5.74) is 3.14. The van der Waals surface area contributed by atoms with Gasteiger partial charge in [-0.3, -0.25) is 0 Å². The minimum Gasteiger partial charge on any atom is -0.497 e. The third-order valence-electron chi connectivity index (χ3n) is 3.90. The molecule has 106 valence electrons. The number of terminal acetylenes is 1. The van der Waals surface area contributed by atoms with Gasteiger partial charge in [-0.1, -0.05) is 18.2 Å². The molecular formula is C18H18N2O. The highest BCUT2D eigenvalue weighted by atomic mass is 16.5. The molecule has 0 aliphatic carbocycles. The van der Waals surface area contributed by atoms with Gasteiger partial charge in [-0.15, -0.1) is 12.3 Å². The van der Waals surface area contributed by atoms with Crippen LogP contribution in [0.15, 0.2) is 48.5 Å². The second-order valence-corrected chi connectivity index (χ2v) is 5.22. The molecule has 0 radical (unpaired) electrons. The van der Waals surface area contributed by atoms with Crippen molar-refractivity contribution >= 4 is 11.4 Å². The first-order valence-corrected chi connectivity index (χ1v) is 6.96. The van der Waals surface area contributed by atoms with Gasteiger partial charge in [-0.2, -0.15) is 0 Å². The average molecular weight is 278 g/mol. The van der Waals surface area contributed by atoms with Gasteiger partial charge in [0.05, 0.1) is 12.6 Å². The van der Waals surface area contributed by atoms with Crippen LogP contribution in [0.5, 0.6) is 5.75 Å². The van der Waals surface area contributed by atoms with Crippen molar-refractivity contribution in [1.82, 2.24) is 0 Å². The van der Waals surface area contributed by atoms with E-state index in [9.17, 15) is 0 Å². The number of hydrogen-bond donors (Lipinski definition) is 2. The van der Waals surface area contributed by atoms with Crippen LogP contribution in [0, 0.1) is 12.3 Å². The predicted octanol–water partition coefficient (Wildman–Crippen LogP) is 3.45. The van der Waals surface area contributed by atoms with Gasteiger partial charge in [-0.05, 0) is 30.3 Å². The Bertz CT molecular complexity index is 672. The van der Waals surface area contributed by atoms with Crippen molar-refractivity contribution in [3.63, 3.8) is 0 Å². The van der Waals surface area contributed by atoms with Gasteiger partial charge >= 0.3 is 0 Å². The third kappa shape index (κ3) is 2.41. The molecule has 1 atom stereocenters. The molecule has 3 rings (SSSR count). The summed E-state index contributed by atoms with van der Waals surface area (Å²) in [5, 5.41) is 7.04. The summed E-state index contributed by atoms with van der Waals surface area (Å²) in [6.07, 6.45) is 6.24. The molecule has 2 N–H and O–H groups in total. The third-order valence-corrected chi connectivity index (χ3v) is 3.90.